The van der Waals surface area contributed by atoms with Gasteiger partial charge >= 0.3 is 0 Å². The molecule has 0 spiro atoms. The first-order valence-electron chi connectivity index (χ1n) is 4.85. The highest BCUT2D eigenvalue weighted by molar-refractivity contribution is 5.88. The number of rotatable bonds is 2. The highest BCUT2D eigenvalue weighted by atomic mass is 35.5. The maximum absolute atomic E-state index is 11.9. The van der Waals surface area contributed by atoms with Crippen molar-refractivity contribution in [3.63, 3.8) is 0 Å². The lowest BCUT2D eigenvalue weighted by molar-refractivity contribution is -0.410. The van der Waals surface area contributed by atoms with Gasteiger partial charge < -0.3 is 18.1 Å². The Morgan fingerprint density at radius 1 is 1.20 bits per heavy atom. The number of quaternary nitrogens is 1. The zero-order valence-corrected chi connectivity index (χ0v) is 10.2. The lowest BCUT2D eigenvalue weighted by Gasteiger charge is -2.19. The Morgan fingerprint density at radius 2 is 1.67 bits per heavy atom. The van der Waals surface area contributed by atoms with Gasteiger partial charge in [0.15, 0.2) is 11.8 Å². The Balaban J connectivity index is 0.00000196. The summed E-state index contributed by atoms with van der Waals surface area (Å²) in [6.45, 7) is 5.78. The Labute approximate surface area is 97.3 Å². The van der Waals surface area contributed by atoms with Crippen molar-refractivity contribution in [1.29, 1.82) is 0 Å². The van der Waals surface area contributed by atoms with Crippen molar-refractivity contribution < 1.29 is 22.9 Å². The fourth-order valence-corrected chi connectivity index (χ4v) is 1.36. The zero-order chi connectivity index (χ0) is 10.8. The van der Waals surface area contributed by atoms with Gasteiger partial charge in [0, 0.05) is 11.0 Å². The first-order chi connectivity index (χ1) is 6.43. The van der Waals surface area contributed by atoms with E-state index in [0.29, 0.717) is 0 Å². The maximum atomic E-state index is 11.9. The molecule has 84 valence electrons. The minimum absolute atomic E-state index is 0. The molecule has 0 saturated carbocycles. The lowest BCUT2D eigenvalue weighted by atomic mass is 9.84. The molecule has 3 N–H and O–H groups in total. The number of hydrogen-bond donors (Lipinski definition) is 1. The predicted octanol–water partition coefficient (Wildman–Crippen LogP) is -1.41. The van der Waals surface area contributed by atoms with Gasteiger partial charge in [-0.2, -0.15) is 0 Å². The van der Waals surface area contributed by atoms with Gasteiger partial charge in [0.2, 0.25) is 0 Å². The first kappa shape index (κ1) is 14.1. The summed E-state index contributed by atoms with van der Waals surface area (Å²) in [7, 11) is 0. The SMILES string of the molecule is CC(C)(C)C(=O)[C@@H]([NH3+])c1ccccc1.[Cl-]. The van der Waals surface area contributed by atoms with Crippen molar-refractivity contribution in [2.75, 3.05) is 0 Å². The second-order valence-electron chi connectivity index (χ2n) is 4.58. The van der Waals surface area contributed by atoms with E-state index in [4.69, 9.17) is 0 Å². The third kappa shape index (κ3) is 3.65. The van der Waals surface area contributed by atoms with Gasteiger partial charge in [-0.25, -0.2) is 0 Å². The third-order valence-electron chi connectivity index (χ3n) is 2.26. The fraction of sp³-hybridized carbons (Fsp3) is 0.417. The monoisotopic (exact) mass is 227 g/mol. The van der Waals surface area contributed by atoms with Crippen LogP contribution in [-0.2, 0) is 4.79 Å². The molecule has 0 radical (unpaired) electrons. The predicted molar refractivity (Wildman–Crippen MR) is 56.5 cm³/mol. The Bertz CT molecular complexity index is 316. The zero-order valence-electron chi connectivity index (χ0n) is 9.46. The van der Waals surface area contributed by atoms with Gasteiger partial charge in [-0.15, -0.1) is 0 Å². The molecule has 0 aromatic heterocycles. The van der Waals surface area contributed by atoms with E-state index in [-0.39, 0.29) is 29.6 Å². The van der Waals surface area contributed by atoms with E-state index in [0.717, 1.165) is 5.56 Å². The smallest absolute Gasteiger partial charge is 0.199 e. The van der Waals surface area contributed by atoms with Crippen LogP contribution >= 0.6 is 0 Å². The molecule has 1 aromatic rings. The summed E-state index contributed by atoms with van der Waals surface area (Å²) < 4.78 is 0. The summed E-state index contributed by atoms with van der Waals surface area (Å²) in [5, 5.41) is 0. The first-order valence-corrected chi connectivity index (χ1v) is 4.85. The molecular formula is C12H18ClNO. The van der Waals surface area contributed by atoms with Crippen LogP contribution in [0.5, 0.6) is 0 Å². The summed E-state index contributed by atoms with van der Waals surface area (Å²) >= 11 is 0. The van der Waals surface area contributed by atoms with E-state index in [1.165, 1.54) is 0 Å². The van der Waals surface area contributed by atoms with Crippen LogP contribution in [0.4, 0.5) is 0 Å². The molecule has 3 heteroatoms. The summed E-state index contributed by atoms with van der Waals surface area (Å²) in [5.74, 6) is 0.184. The van der Waals surface area contributed by atoms with Crippen LogP contribution in [0.15, 0.2) is 30.3 Å². The van der Waals surface area contributed by atoms with Gasteiger partial charge in [0.1, 0.15) is 0 Å². The van der Waals surface area contributed by atoms with Crippen LogP contribution in [0.3, 0.4) is 0 Å². The van der Waals surface area contributed by atoms with Crippen molar-refractivity contribution in [3.8, 4) is 0 Å². The lowest BCUT2D eigenvalue weighted by Crippen LogP contribution is -3.00. The molecule has 1 rings (SSSR count). The topological polar surface area (TPSA) is 44.7 Å². The number of hydrogen-bond acceptors (Lipinski definition) is 1. The van der Waals surface area contributed by atoms with Gasteiger partial charge in [-0.3, -0.25) is 4.79 Å². The van der Waals surface area contributed by atoms with Gasteiger partial charge in [-0.05, 0) is 0 Å². The minimum Gasteiger partial charge on any atom is -1.00 e. The highest BCUT2D eigenvalue weighted by Crippen LogP contribution is 2.22. The number of carbonyl (C=O) groups excluding carboxylic acids is 1. The third-order valence-corrected chi connectivity index (χ3v) is 2.26. The fourth-order valence-electron chi connectivity index (χ4n) is 1.36. The van der Waals surface area contributed by atoms with E-state index >= 15 is 0 Å². The van der Waals surface area contributed by atoms with Crippen molar-refractivity contribution in [2.24, 2.45) is 5.41 Å². The van der Waals surface area contributed by atoms with E-state index in [9.17, 15) is 4.79 Å². The number of benzene rings is 1. The van der Waals surface area contributed by atoms with Crippen molar-refractivity contribution >= 4 is 5.78 Å². The summed E-state index contributed by atoms with van der Waals surface area (Å²) in [5.41, 5.74) is 4.60. The molecular weight excluding hydrogens is 210 g/mol. The highest BCUT2D eigenvalue weighted by Gasteiger charge is 2.30. The van der Waals surface area contributed by atoms with Crippen LogP contribution in [0, 0.1) is 5.41 Å². The second-order valence-corrected chi connectivity index (χ2v) is 4.58. The second kappa shape index (κ2) is 5.29. The van der Waals surface area contributed by atoms with Crippen LogP contribution in [0.25, 0.3) is 0 Å². The molecule has 0 fully saturated rings. The van der Waals surface area contributed by atoms with Gasteiger partial charge in [0.05, 0.1) is 0 Å². The number of carbonyl (C=O) groups is 1. The molecule has 0 amide bonds. The number of Topliss-reactive ketones (excluding diaryl/α,β-unsaturated/α-hetero) is 1. The number of halogens is 1. The molecule has 1 aromatic carbocycles. The largest absolute Gasteiger partial charge is 1.00 e. The van der Waals surface area contributed by atoms with Crippen LogP contribution in [0.2, 0.25) is 0 Å². The standard InChI is InChI=1S/C12H17NO.ClH/c1-12(2,3)11(14)10(13)9-7-5-4-6-8-9;/h4-8,10H,13H2,1-3H3;1H/t10-;/m0./s1. The van der Waals surface area contributed by atoms with Crippen LogP contribution in [-0.4, -0.2) is 5.78 Å². The molecule has 0 unspecified atom stereocenters. The molecule has 1 atom stereocenters. The average molecular weight is 228 g/mol. The van der Waals surface area contributed by atoms with Crippen molar-refractivity contribution in [2.45, 2.75) is 26.8 Å². The normalized spacial score (nSPS) is 12.8. The Kier molecular flexibility index (Phi) is 4.98. The summed E-state index contributed by atoms with van der Waals surface area (Å²) in [6, 6.07) is 9.45. The summed E-state index contributed by atoms with van der Waals surface area (Å²) in [4.78, 5) is 11.9. The van der Waals surface area contributed by atoms with E-state index in [2.05, 4.69) is 5.73 Å². The molecule has 0 aliphatic heterocycles. The van der Waals surface area contributed by atoms with Crippen LogP contribution in [0.1, 0.15) is 32.4 Å². The maximum Gasteiger partial charge on any atom is 0.199 e. The van der Waals surface area contributed by atoms with Crippen molar-refractivity contribution in [3.05, 3.63) is 35.9 Å². The molecule has 15 heavy (non-hydrogen) atoms. The van der Waals surface area contributed by atoms with E-state index < -0.39 is 0 Å². The van der Waals surface area contributed by atoms with Gasteiger partial charge in [-0.1, -0.05) is 51.1 Å². The molecule has 0 saturated heterocycles. The number of ketones is 1. The average Bonchev–Trinajstić information content (AvgIpc) is 2.15. The van der Waals surface area contributed by atoms with E-state index in [1.54, 1.807) is 0 Å². The van der Waals surface area contributed by atoms with Gasteiger partial charge in [0.25, 0.3) is 0 Å². The minimum atomic E-state index is -0.317. The molecule has 0 aliphatic rings. The molecule has 0 aliphatic carbocycles. The molecule has 0 heterocycles. The Morgan fingerprint density at radius 3 is 2.07 bits per heavy atom. The van der Waals surface area contributed by atoms with Crippen molar-refractivity contribution in [1.82, 2.24) is 0 Å². The quantitative estimate of drug-likeness (QED) is 0.663. The summed E-state index contributed by atoms with van der Waals surface area (Å²) in [6.07, 6.45) is 0. The Hall–Kier alpha value is -0.860. The van der Waals surface area contributed by atoms with E-state index in [1.807, 2.05) is 51.1 Å². The van der Waals surface area contributed by atoms with Crippen LogP contribution < -0.4 is 18.1 Å². The molecule has 0 bridgehead atoms. The molecule has 2 nitrogen and oxygen atoms in total.